The second kappa shape index (κ2) is 80.3. The number of carbonyl (C=O) groups excluding carboxylic acids is 3. The number of nitrogens with zero attached hydrogens (tertiary/aromatic N) is 1. The topological polar surface area (TPSA) is 111 Å². The molecule has 0 bridgehead atoms. The van der Waals surface area contributed by atoms with Crippen molar-refractivity contribution in [2.45, 2.75) is 347 Å². The van der Waals surface area contributed by atoms with Gasteiger partial charge in [-0.25, -0.2) is 0 Å². The molecule has 0 heterocycles. The third-order valence-corrected chi connectivity index (χ3v) is 17.5. The Hall–Kier alpha value is -5.35. The van der Waals surface area contributed by atoms with Gasteiger partial charge in [-0.2, -0.15) is 0 Å². The van der Waals surface area contributed by atoms with E-state index in [1.165, 1.54) is 167 Å². The van der Waals surface area contributed by atoms with E-state index in [1.54, 1.807) is 0 Å². The average molecular weight is 1400 g/mol. The SMILES string of the molecule is CC/C=C\C/C=C\C/C=C\C/C=C\C/C=C\C/C=C\C/C=C\C/C=C\C/C=C\C/C=C\CCCCCCC(=O)OC(COC(=O)CCCCCCCCCCCCCCCCCCCCCCCCCCCCCC/C=C\C/C=C\C/C=C\C/C=C\CC)COC(OCC[N+](C)(C)C)C(=O)[O-]. The van der Waals surface area contributed by atoms with Crippen LogP contribution < -0.4 is 5.11 Å². The van der Waals surface area contributed by atoms with Gasteiger partial charge in [0.05, 0.1) is 40.3 Å². The van der Waals surface area contributed by atoms with Crippen LogP contribution in [0.15, 0.2) is 170 Å². The van der Waals surface area contributed by atoms with Gasteiger partial charge in [-0.1, -0.05) is 364 Å². The van der Waals surface area contributed by atoms with Gasteiger partial charge in [0.1, 0.15) is 13.2 Å². The lowest BCUT2D eigenvalue weighted by Gasteiger charge is -2.26. The number of aliphatic carboxylic acids is 1. The lowest BCUT2D eigenvalue weighted by atomic mass is 10.0. The number of likely N-dealkylation sites (N-methyl/N-ethyl adjacent to an activating group) is 1. The number of rotatable bonds is 75. The van der Waals surface area contributed by atoms with E-state index in [4.69, 9.17) is 18.9 Å². The van der Waals surface area contributed by atoms with Crippen LogP contribution in [0.5, 0.6) is 0 Å². The second-order valence-corrected chi connectivity index (χ2v) is 28.3. The molecule has 0 spiro atoms. The minimum absolute atomic E-state index is 0.136. The highest BCUT2D eigenvalue weighted by atomic mass is 16.7. The molecule has 0 aromatic carbocycles. The van der Waals surface area contributed by atoms with Crippen LogP contribution in [0.3, 0.4) is 0 Å². The molecule has 0 rings (SSSR count). The van der Waals surface area contributed by atoms with Crippen molar-refractivity contribution in [1.82, 2.24) is 0 Å². The van der Waals surface area contributed by atoms with Crippen LogP contribution in [0, 0.1) is 0 Å². The van der Waals surface area contributed by atoms with Crippen LogP contribution in [0.25, 0.3) is 0 Å². The number of quaternary nitrogens is 1. The third kappa shape index (κ3) is 81.8. The summed E-state index contributed by atoms with van der Waals surface area (Å²) in [7, 11) is 5.92. The third-order valence-electron chi connectivity index (χ3n) is 17.5. The van der Waals surface area contributed by atoms with Crippen LogP contribution in [0.1, 0.15) is 335 Å². The van der Waals surface area contributed by atoms with E-state index >= 15 is 0 Å². The fourth-order valence-electron chi connectivity index (χ4n) is 11.3. The highest BCUT2D eigenvalue weighted by molar-refractivity contribution is 5.70. The Labute approximate surface area is 622 Å². The molecule has 0 radical (unpaired) electrons. The molecule has 0 aromatic rings. The van der Waals surface area contributed by atoms with Crippen LogP contribution in [0.4, 0.5) is 0 Å². The van der Waals surface area contributed by atoms with E-state index in [0.717, 1.165) is 135 Å². The van der Waals surface area contributed by atoms with Crippen molar-refractivity contribution in [2.24, 2.45) is 0 Å². The number of carbonyl (C=O) groups is 3. The van der Waals surface area contributed by atoms with E-state index in [0.29, 0.717) is 17.4 Å². The summed E-state index contributed by atoms with van der Waals surface area (Å²) in [6.07, 6.45) is 118. The van der Waals surface area contributed by atoms with Crippen molar-refractivity contribution >= 4 is 17.9 Å². The van der Waals surface area contributed by atoms with E-state index < -0.39 is 24.3 Å². The summed E-state index contributed by atoms with van der Waals surface area (Å²) in [5, 5.41) is 11.9. The Morgan fingerprint density at radius 1 is 0.297 bits per heavy atom. The maximum atomic E-state index is 13.0. The van der Waals surface area contributed by atoms with Gasteiger partial charge in [-0.05, 0) is 128 Å². The van der Waals surface area contributed by atoms with E-state index in [-0.39, 0.29) is 38.6 Å². The number of carboxylic acids is 1. The molecule has 0 N–H and O–H groups in total. The Kier molecular flexibility index (Phi) is 76.1. The fourth-order valence-corrected chi connectivity index (χ4v) is 11.3. The average Bonchev–Trinajstić information content (AvgIpc) is 1.25. The van der Waals surface area contributed by atoms with Gasteiger partial charge >= 0.3 is 11.9 Å². The molecule has 0 fully saturated rings. The molecule has 2 atom stereocenters. The van der Waals surface area contributed by atoms with Crippen molar-refractivity contribution < 1.29 is 42.9 Å². The molecule has 574 valence electrons. The minimum atomic E-state index is -1.64. The Morgan fingerprint density at radius 2 is 0.535 bits per heavy atom. The van der Waals surface area contributed by atoms with Crippen molar-refractivity contribution in [3.8, 4) is 0 Å². The van der Waals surface area contributed by atoms with Crippen molar-refractivity contribution in [1.29, 1.82) is 0 Å². The van der Waals surface area contributed by atoms with Gasteiger partial charge in [0.15, 0.2) is 12.4 Å². The summed E-state index contributed by atoms with van der Waals surface area (Å²) in [4.78, 5) is 37.6. The van der Waals surface area contributed by atoms with Gasteiger partial charge in [0, 0.05) is 12.8 Å². The fraction of sp³-hybridized carbons (Fsp3) is 0.663. The standard InChI is InChI=1S/C92H153NO8/c1-6-8-10-12-14-16-18-20-22-24-26-28-30-32-34-36-38-40-42-43-44-45-46-47-49-50-52-54-56-58-60-62-64-66-68-70-72-74-76-78-80-82-89(94)99-86-88(87-100-92(91(96)97)98-85-84-93(3,4)5)101-90(95)83-81-79-77-75-73-71-69-67-65-63-61-59-57-55-53-51-48-41-39-37-35-33-31-29-27-25-23-21-19-17-15-13-11-9-7-2/h8-11,14-17,20-23,26-29,33,35,39,41,51,53,57,59,63,65,69,71,88,92H,6-7,12-13,18-19,24-25,30-32,34,36-38,40,42-50,52,54-56,58,60-62,64,66-68,70,72-87H2,1-5H3/b10-8-,11-9-,16-14-,17-15-,22-20-,23-21-,28-26-,29-27-,35-33-,41-39-,53-51-,59-57-,65-63-,71-69-. The van der Waals surface area contributed by atoms with Crippen LogP contribution in [0.2, 0.25) is 0 Å². The molecule has 0 saturated heterocycles. The first kappa shape index (κ1) is 95.6. The normalized spacial score (nSPS) is 13.6. The van der Waals surface area contributed by atoms with Crippen LogP contribution in [-0.2, 0) is 33.3 Å². The monoisotopic (exact) mass is 1400 g/mol. The number of hydrogen-bond donors (Lipinski definition) is 0. The van der Waals surface area contributed by atoms with E-state index in [9.17, 15) is 19.5 Å². The molecule has 9 heteroatoms. The molecular formula is C92H153NO8. The second-order valence-electron chi connectivity index (χ2n) is 28.3. The maximum absolute atomic E-state index is 13.0. The molecular weight excluding hydrogens is 1250 g/mol. The van der Waals surface area contributed by atoms with E-state index in [2.05, 4.69) is 184 Å². The molecule has 0 aliphatic carbocycles. The highest BCUT2D eigenvalue weighted by Gasteiger charge is 2.22. The van der Waals surface area contributed by atoms with Crippen molar-refractivity contribution in [3.05, 3.63) is 170 Å². The minimum Gasteiger partial charge on any atom is -0.545 e. The quantitative estimate of drug-likeness (QED) is 0.0195. The summed E-state index contributed by atoms with van der Waals surface area (Å²) in [6, 6.07) is 0. The van der Waals surface area contributed by atoms with Crippen LogP contribution >= 0.6 is 0 Å². The summed E-state index contributed by atoms with van der Waals surface area (Å²) in [5.41, 5.74) is 0. The zero-order valence-corrected chi connectivity index (χ0v) is 65.7. The van der Waals surface area contributed by atoms with Gasteiger partial charge in [-0.3, -0.25) is 9.59 Å². The Morgan fingerprint density at radius 3 is 0.792 bits per heavy atom. The predicted molar refractivity (Wildman–Crippen MR) is 435 cm³/mol. The van der Waals surface area contributed by atoms with Gasteiger partial charge in [0.25, 0.3) is 0 Å². The molecule has 0 aromatic heterocycles. The molecule has 0 aliphatic rings. The first-order valence-electron chi connectivity index (χ1n) is 41.3. The highest BCUT2D eigenvalue weighted by Crippen LogP contribution is 2.18. The van der Waals surface area contributed by atoms with E-state index in [1.807, 2.05) is 21.1 Å². The summed E-state index contributed by atoms with van der Waals surface area (Å²) >= 11 is 0. The number of allylic oxidation sites excluding steroid dienone is 28. The summed E-state index contributed by atoms with van der Waals surface area (Å²) in [5.74, 6) is -2.32. The van der Waals surface area contributed by atoms with Crippen LogP contribution in [-0.4, -0.2) is 82.3 Å². The number of carboxylic acid groups (broad SMARTS) is 1. The number of ether oxygens (including phenoxy) is 4. The Balaban J connectivity index is 4.06. The van der Waals surface area contributed by atoms with Gasteiger partial charge in [-0.15, -0.1) is 0 Å². The smallest absolute Gasteiger partial charge is 0.306 e. The lowest BCUT2D eigenvalue weighted by molar-refractivity contribution is -0.870. The largest absolute Gasteiger partial charge is 0.545 e. The molecule has 0 saturated carbocycles. The molecule has 9 nitrogen and oxygen atoms in total. The predicted octanol–water partition coefficient (Wildman–Crippen LogP) is 25.6. The first-order chi connectivity index (χ1) is 49.6. The van der Waals surface area contributed by atoms with Crippen molar-refractivity contribution in [3.63, 3.8) is 0 Å². The first-order valence-corrected chi connectivity index (χ1v) is 41.3. The van der Waals surface area contributed by atoms with Gasteiger partial charge < -0.3 is 33.3 Å². The van der Waals surface area contributed by atoms with Gasteiger partial charge in [0.2, 0.25) is 0 Å². The summed E-state index contributed by atoms with van der Waals surface area (Å²) < 4.78 is 22.8. The number of unbranched alkanes of at least 4 members (excludes halogenated alkanes) is 32. The molecule has 101 heavy (non-hydrogen) atoms. The number of hydrogen-bond acceptors (Lipinski definition) is 8. The molecule has 2 unspecified atom stereocenters. The molecule has 0 amide bonds. The lowest BCUT2D eigenvalue weighted by Crippen LogP contribution is -2.44. The zero-order chi connectivity index (χ0) is 73.2. The summed E-state index contributed by atoms with van der Waals surface area (Å²) in [6.45, 7) is 4.50. The van der Waals surface area contributed by atoms with Crippen molar-refractivity contribution in [2.75, 3.05) is 47.5 Å². The zero-order valence-electron chi connectivity index (χ0n) is 65.7. The number of esters is 2. The molecule has 0 aliphatic heterocycles. The maximum Gasteiger partial charge on any atom is 0.306 e. The Bertz CT molecular complexity index is 2280.